The lowest BCUT2D eigenvalue weighted by molar-refractivity contribution is -0.140. The predicted octanol–water partition coefficient (Wildman–Crippen LogP) is 3.38. The molecular formula is C18H25NO4. The summed E-state index contributed by atoms with van der Waals surface area (Å²) in [4.78, 5) is 23.4. The highest BCUT2D eigenvalue weighted by Gasteiger charge is 2.41. The molecule has 2 N–H and O–H groups in total. The minimum absolute atomic E-state index is 0.179. The Morgan fingerprint density at radius 2 is 1.91 bits per heavy atom. The van der Waals surface area contributed by atoms with Crippen molar-refractivity contribution in [2.24, 2.45) is 5.92 Å². The van der Waals surface area contributed by atoms with E-state index in [1.807, 2.05) is 44.2 Å². The second-order valence-corrected chi connectivity index (χ2v) is 6.75. The van der Waals surface area contributed by atoms with Crippen LogP contribution in [-0.4, -0.2) is 28.8 Å². The number of amides is 1. The van der Waals surface area contributed by atoms with Crippen LogP contribution in [0, 0.1) is 5.92 Å². The van der Waals surface area contributed by atoms with Gasteiger partial charge in [-0.15, -0.1) is 0 Å². The van der Waals surface area contributed by atoms with E-state index in [4.69, 9.17) is 4.74 Å². The topological polar surface area (TPSA) is 75.6 Å². The lowest BCUT2D eigenvalue weighted by Crippen LogP contribution is -2.49. The maximum atomic E-state index is 12.1. The summed E-state index contributed by atoms with van der Waals surface area (Å²) < 4.78 is 5.63. The summed E-state index contributed by atoms with van der Waals surface area (Å²) in [5, 5.41) is 11.7. The molecule has 0 unspecified atom stereocenters. The second-order valence-electron chi connectivity index (χ2n) is 6.75. The Balaban J connectivity index is 1.95. The first kappa shape index (κ1) is 17.3. The lowest BCUT2D eigenvalue weighted by Gasteiger charge is -2.41. The first-order valence-electron chi connectivity index (χ1n) is 8.16. The van der Waals surface area contributed by atoms with Gasteiger partial charge in [0.05, 0.1) is 0 Å². The SMILES string of the molecule is CC(C)C[C@H](NC(=O)OC1(Cc2ccccc2)CCC1)C(=O)O. The molecule has 1 aliphatic carbocycles. The number of carbonyl (C=O) groups excluding carboxylic acids is 1. The van der Waals surface area contributed by atoms with Crippen molar-refractivity contribution in [1.82, 2.24) is 5.32 Å². The molecule has 1 amide bonds. The second kappa shape index (κ2) is 7.49. The van der Waals surface area contributed by atoms with Crippen LogP contribution in [0.4, 0.5) is 4.79 Å². The molecule has 0 spiro atoms. The molecule has 5 nitrogen and oxygen atoms in total. The van der Waals surface area contributed by atoms with Crippen LogP contribution in [0.3, 0.4) is 0 Å². The van der Waals surface area contributed by atoms with E-state index >= 15 is 0 Å². The van der Waals surface area contributed by atoms with Gasteiger partial charge in [0.25, 0.3) is 0 Å². The summed E-state index contributed by atoms with van der Waals surface area (Å²) in [6.45, 7) is 3.84. The Labute approximate surface area is 137 Å². The third kappa shape index (κ3) is 4.98. The van der Waals surface area contributed by atoms with E-state index in [1.54, 1.807) is 0 Å². The Morgan fingerprint density at radius 3 is 2.39 bits per heavy atom. The van der Waals surface area contributed by atoms with E-state index in [0.29, 0.717) is 12.8 Å². The number of benzene rings is 1. The quantitative estimate of drug-likeness (QED) is 0.808. The fraction of sp³-hybridized carbons (Fsp3) is 0.556. The fourth-order valence-electron chi connectivity index (χ4n) is 2.92. The van der Waals surface area contributed by atoms with Gasteiger partial charge in [-0.25, -0.2) is 9.59 Å². The average Bonchev–Trinajstić information content (AvgIpc) is 2.44. The summed E-state index contributed by atoms with van der Waals surface area (Å²) in [5.74, 6) is -0.847. The number of hydrogen-bond acceptors (Lipinski definition) is 3. The number of carboxylic acid groups (broad SMARTS) is 1. The molecule has 1 aliphatic rings. The van der Waals surface area contributed by atoms with Gasteiger partial charge in [0.1, 0.15) is 11.6 Å². The number of carbonyl (C=O) groups is 2. The maximum Gasteiger partial charge on any atom is 0.408 e. The molecule has 0 heterocycles. The zero-order valence-corrected chi connectivity index (χ0v) is 13.7. The van der Waals surface area contributed by atoms with Gasteiger partial charge in [-0.1, -0.05) is 44.2 Å². The molecule has 126 valence electrons. The Bertz CT molecular complexity index is 537. The Kier molecular flexibility index (Phi) is 5.64. The zero-order chi connectivity index (χ0) is 16.9. The predicted molar refractivity (Wildman–Crippen MR) is 87.2 cm³/mol. The van der Waals surface area contributed by atoms with Gasteiger partial charge in [0, 0.05) is 6.42 Å². The molecule has 2 rings (SSSR count). The van der Waals surface area contributed by atoms with Crippen LogP contribution in [0.2, 0.25) is 0 Å². The number of nitrogens with one attached hydrogen (secondary N) is 1. The fourth-order valence-corrected chi connectivity index (χ4v) is 2.92. The average molecular weight is 319 g/mol. The first-order chi connectivity index (χ1) is 10.9. The van der Waals surface area contributed by atoms with Crippen LogP contribution in [0.5, 0.6) is 0 Å². The number of rotatable bonds is 7. The van der Waals surface area contributed by atoms with Gasteiger partial charge in [0.15, 0.2) is 0 Å². The van der Waals surface area contributed by atoms with Gasteiger partial charge < -0.3 is 15.2 Å². The van der Waals surface area contributed by atoms with E-state index in [1.165, 1.54) is 0 Å². The van der Waals surface area contributed by atoms with Crippen LogP contribution >= 0.6 is 0 Å². The Morgan fingerprint density at radius 1 is 1.26 bits per heavy atom. The number of alkyl carbamates (subject to hydrolysis) is 1. The number of ether oxygens (including phenoxy) is 1. The largest absolute Gasteiger partial charge is 0.480 e. The van der Waals surface area contributed by atoms with Crippen molar-refractivity contribution in [1.29, 1.82) is 0 Å². The summed E-state index contributed by atoms with van der Waals surface area (Å²) in [5.41, 5.74) is 0.628. The number of carboxylic acids is 1. The molecule has 0 aromatic heterocycles. The van der Waals surface area contributed by atoms with E-state index in [2.05, 4.69) is 5.32 Å². The van der Waals surface area contributed by atoms with E-state index in [0.717, 1.165) is 24.8 Å². The highest BCUT2D eigenvalue weighted by atomic mass is 16.6. The molecular weight excluding hydrogens is 294 g/mol. The van der Waals surface area contributed by atoms with Crippen molar-refractivity contribution in [3.8, 4) is 0 Å². The maximum absolute atomic E-state index is 12.1. The van der Waals surface area contributed by atoms with Gasteiger partial charge >= 0.3 is 12.1 Å². The van der Waals surface area contributed by atoms with E-state index < -0.39 is 23.7 Å². The zero-order valence-electron chi connectivity index (χ0n) is 13.7. The van der Waals surface area contributed by atoms with Crippen molar-refractivity contribution >= 4 is 12.1 Å². The molecule has 0 bridgehead atoms. The highest BCUT2D eigenvalue weighted by Crippen LogP contribution is 2.38. The minimum atomic E-state index is -1.03. The van der Waals surface area contributed by atoms with Gasteiger partial charge in [-0.2, -0.15) is 0 Å². The van der Waals surface area contributed by atoms with Crippen molar-refractivity contribution in [3.63, 3.8) is 0 Å². The third-order valence-corrected chi connectivity index (χ3v) is 4.24. The molecule has 0 saturated heterocycles. The summed E-state index contributed by atoms with van der Waals surface area (Å²) in [6.07, 6.45) is 3.08. The van der Waals surface area contributed by atoms with E-state index in [9.17, 15) is 14.7 Å². The monoisotopic (exact) mass is 319 g/mol. The van der Waals surface area contributed by atoms with Crippen LogP contribution in [-0.2, 0) is 16.0 Å². The van der Waals surface area contributed by atoms with Crippen LogP contribution in [0.15, 0.2) is 30.3 Å². The third-order valence-electron chi connectivity index (χ3n) is 4.24. The lowest BCUT2D eigenvalue weighted by atomic mass is 9.76. The summed E-state index contributed by atoms with van der Waals surface area (Å²) in [7, 11) is 0. The first-order valence-corrected chi connectivity index (χ1v) is 8.16. The highest BCUT2D eigenvalue weighted by molar-refractivity contribution is 5.80. The number of hydrogen-bond donors (Lipinski definition) is 2. The smallest absolute Gasteiger partial charge is 0.408 e. The van der Waals surface area contributed by atoms with Crippen LogP contribution < -0.4 is 5.32 Å². The standard InChI is InChI=1S/C18H25NO4/c1-13(2)11-15(16(20)21)19-17(22)23-18(9-6-10-18)12-14-7-4-3-5-8-14/h3-5,7-8,13,15H,6,9-12H2,1-2H3,(H,19,22)(H,20,21)/t15-/m0/s1. The van der Waals surface area contributed by atoms with Crippen molar-refractivity contribution in [2.45, 2.75) is 57.6 Å². The number of aliphatic carboxylic acids is 1. The molecule has 1 aromatic rings. The van der Waals surface area contributed by atoms with Gasteiger partial charge in [-0.3, -0.25) is 0 Å². The summed E-state index contributed by atoms with van der Waals surface area (Å²) >= 11 is 0. The van der Waals surface area contributed by atoms with Crippen LogP contribution in [0.1, 0.15) is 45.1 Å². The summed E-state index contributed by atoms with van der Waals surface area (Å²) in [6, 6.07) is 9.00. The van der Waals surface area contributed by atoms with Crippen molar-refractivity contribution in [3.05, 3.63) is 35.9 Å². The van der Waals surface area contributed by atoms with Crippen molar-refractivity contribution in [2.75, 3.05) is 0 Å². The van der Waals surface area contributed by atoms with Gasteiger partial charge in [-0.05, 0) is 37.2 Å². The molecule has 1 aromatic carbocycles. The normalized spacial score (nSPS) is 17.2. The molecule has 1 atom stereocenters. The minimum Gasteiger partial charge on any atom is -0.480 e. The van der Waals surface area contributed by atoms with Crippen LogP contribution in [0.25, 0.3) is 0 Å². The molecule has 1 saturated carbocycles. The molecule has 0 radical (unpaired) electrons. The Hall–Kier alpha value is -2.04. The molecule has 1 fully saturated rings. The van der Waals surface area contributed by atoms with E-state index in [-0.39, 0.29) is 5.92 Å². The molecule has 5 heteroatoms. The molecule has 23 heavy (non-hydrogen) atoms. The molecule has 0 aliphatic heterocycles. The van der Waals surface area contributed by atoms with Gasteiger partial charge in [0.2, 0.25) is 0 Å². The van der Waals surface area contributed by atoms with Crippen molar-refractivity contribution < 1.29 is 19.4 Å².